The van der Waals surface area contributed by atoms with E-state index in [0.717, 1.165) is 0 Å². The van der Waals surface area contributed by atoms with Gasteiger partial charge < -0.3 is 39.2 Å². The minimum absolute atomic E-state index is 0.0440. The molecule has 0 aliphatic carbocycles. The van der Waals surface area contributed by atoms with Gasteiger partial charge in [-0.1, -0.05) is 0 Å². The van der Waals surface area contributed by atoms with E-state index in [2.05, 4.69) is 0 Å². The number of hydrogen-bond acceptors (Lipinski definition) is 9. The average molecular weight is 697 g/mol. The molecule has 3 N–H and O–H groups in total. The van der Waals surface area contributed by atoms with Crippen LogP contribution in [0.5, 0.6) is 0 Å². The van der Waals surface area contributed by atoms with Gasteiger partial charge in [0.1, 0.15) is 0 Å². The molecular weight excluding hydrogens is 662 g/mol. The van der Waals surface area contributed by atoms with Crippen LogP contribution in [-0.4, -0.2) is 109 Å². The zero-order chi connectivity index (χ0) is 34.4. The second-order valence-electron chi connectivity index (χ2n) is 9.11. The van der Waals surface area contributed by atoms with Gasteiger partial charge in [0.05, 0.1) is 50.9 Å². The van der Waals surface area contributed by atoms with Crippen molar-refractivity contribution in [2.75, 3.05) is 72.5 Å². The zero-order valence-corrected chi connectivity index (χ0v) is 24.7. The van der Waals surface area contributed by atoms with Crippen LogP contribution in [0.3, 0.4) is 0 Å². The van der Waals surface area contributed by atoms with Crippen LogP contribution in [0, 0.1) is 16.7 Å². The number of ether oxygens (including phenoxy) is 3. The second kappa shape index (κ2) is 22.1. The van der Waals surface area contributed by atoms with E-state index >= 15 is 0 Å². The number of hydrogen-bond donors (Lipinski definition) is 3. The first kappa shape index (κ1) is 42.5. The first-order chi connectivity index (χ1) is 20.9. The van der Waals surface area contributed by atoms with E-state index in [-0.39, 0.29) is 98.2 Å². The van der Waals surface area contributed by atoms with Crippen LogP contribution in [0.25, 0.3) is 0 Å². The number of carbonyl (C=O) groups is 3. The molecule has 0 radical (unpaired) electrons. The van der Waals surface area contributed by atoms with Crippen LogP contribution in [-0.2, 0) is 37.6 Å². The molecule has 12 nitrogen and oxygen atoms in total. The Morgan fingerprint density at radius 1 is 0.578 bits per heavy atom. The predicted octanol–water partition coefficient (Wildman–Crippen LogP) is 2.68. The van der Waals surface area contributed by atoms with E-state index in [0.29, 0.717) is 0 Å². The lowest BCUT2D eigenvalue weighted by Gasteiger charge is -2.33. The molecule has 0 fully saturated rings. The van der Waals surface area contributed by atoms with Gasteiger partial charge in [0.2, 0.25) is 0 Å². The van der Waals surface area contributed by atoms with Crippen molar-refractivity contribution in [3.63, 3.8) is 0 Å². The maximum atomic E-state index is 12.3. The van der Waals surface area contributed by atoms with Crippen molar-refractivity contribution in [1.29, 1.82) is 5.26 Å². The van der Waals surface area contributed by atoms with Gasteiger partial charge in [-0.3, -0.25) is 14.4 Å². The summed E-state index contributed by atoms with van der Waals surface area (Å²) in [6.07, 6.45) is -15.3. The molecular formula is C23H34F9N4O8P. The monoisotopic (exact) mass is 696 g/mol. The molecule has 262 valence electrons. The van der Waals surface area contributed by atoms with Crippen LogP contribution in [0.15, 0.2) is 0 Å². The predicted molar refractivity (Wildman–Crippen MR) is 136 cm³/mol. The number of rotatable bonds is 24. The minimum atomic E-state index is -5.07. The third-order valence-corrected chi connectivity index (χ3v) is 5.65. The van der Waals surface area contributed by atoms with Crippen molar-refractivity contribution in [2.24, 2.45) is 5.41 Å². The number of nitrogens with one attached hydrogen (secondary N) is 3. The number of halogens is 9. The summed E-state index contributed by atoms with van der Waals surface area (Å²) in [4.78, 5) is 32.7. The van der Waals surface area contributed by atoms with E-state index in [1.165, 1.54) is 0 Å². The molecule has 0 saturated carbocycles. The Kier molecular flexibility index (Phi) is 20.9. The first-order valence-corrected chi connectivity index (χ1v) is 13.9. The van der Waals surface area contributed by atoms with Crippen molar-refractivity contribution < 1.29 is 77.2 Å². The fourth-order valence-electron chi connectivity index (χ4n) is 2.91. The largest absolute Gasteiger partial charge is 0.471 e. The standard InChI is InChI=1S/C23H34F9N4O8P/c24-21(25,26)17(37)34-6-2-9-40-13-20(16-44-45-43-12-1-5-33,14-41-10-3-7-35-18(38)22(27,28)29)15-42-11-4-8-36-19(39)23(30,31)32/h45H,1-4,6-16H2,(H,34,37)(H,35,38)(H,36,39). The van der Waals surface area contributed by atoms with Crippen molar-refractivity contribution in [3.8, 4) is 6.07 Å². The van der Waals surface area contributed by atoms with Crippen LogP contribution in [0.1, 0.15) is 25.7 Å². The fourth-order valence-corrected chi connectivity index (χ4v) is 3.54. The highest BCUT2D eigenvalue weighted by Gasteiger charge is 2.39. The molecule has 0 heterocycles. The number of carbonyl (C=O) groups excluding carboxylic acids is 3. The number of amides is 3. The van der Waals surface area contributed by atoms with Gasteiger partial charge in [-0.15, -0.1) is 0 Å². The summed E-state index contributed by atoms with van der Waals surface area (Å²) in [7, 11) is -0.574. The lowest BCUT2D eigenvalue weighted by atomic mass is 9.92. The number of nitriles is 1. The molecule has 0 saturated heterocycles. The van der Waals surface area contributed by atoms with Crippen molar-refractivity contribution >= 4 is 26.8 Å². The van der Waals surface area contributed by atoms with Crippen molar-refractivity contribution in [3.05, 3.63) is 0 Å². The fraction of sp³-hybridized carbons (Fsp3) is 0.826. The Balaban J connectivity index is 5.21. The highest BCUT2D eigenvalue weighted by Crippen LogP contribution is 2.26. The van der Waals surface area contributed by atoms with Crippen LogP contribution in [0.2, 0.25) is 0 Å². The highest BCUT2D eigenvalue weighted by molar-refractivity contribution is 7.26. The topological polar surface area (TPSA) is 157 Å². The molecule has 0 spiro atoms. The smallest absolute Gasteiger partial charge is 0.381 e. The van der Waals surface area contributed by atoms with Crippen LogP contribution < -0.4 is 16.0 Å². The molecule has 0 aliphatic rings. The molecule has 45 heavy (non-hydrogen) atoms. The van der Waals surface area contributed by atoms with Crippen LogP contribution in [0.4, 0.5) is 39.5 Å². The van der Waals surface area contributed by atoms with E-state index in [9.17, 15) is 53.9 Å². The Morgan fingerprint density at radius 3 is 1.24 bits per heavy atom. The van der Waals surface area contributed by atoms with Gasteiger partial charge in [0.25, 0.3) is 0 Å². The maximum absolute atomic E-state index is 12.3. The molecule has 0 bridgehead atoms. The van der Waals surface area contributed by atoms with Gasteiger partial charge >= 0.3 is 36.3 Å². The van der Waals surface area contributed by atoms with E-state index < -0.39 is 50.7 Å². The second-order valence-corrected chi connectivity index (χ2v) is 9.85. The molecule has 0 aromatic rings. The highest BCUT2D eigenvalue weighted by atomic mass is 31.1. The van der Waals surface area contributed by atoms with Gasteiger partial charge in [-0.2, -0.15) is 44.8 Å². The average Bonchev–Trinajstić information content (AvgIpc) is 2.94. The van der Waals surface area contributed by atoms with Crippen molar-refractivity contribution in [1.82, 2.24) is 16.0 Å². The Morgan fingerprint density at radius 2 is 0.933 bits per heavy atom. The van der Waals surface area contributed by atoms with Gasteiger partial charge in [0.15, 0.2) is 9.03 Å². The van der Waals surface area contributed by atoms with Gasteiger partial charge in [-0.05, 0) is 19.3 Å². The Bertz CT molecular complexity index is 826. The quantitative estimate of drug-likeness (QED) is 0.0785. The van der Waals surface area contributed by atoms with E-state index in [1.807, 2.05) is 6.07 Å². The summed E-state index contributed by atoms with van der Waals surface area (Å²) in [5.41, 5.74) is -1.20. The first-order valence-electron chi connectivity index (χ1n) is 13.1. The zero-order valence-electron chi connectivity index (χ0n) is 23.7. The lowest BCUT2D eigenvalue weighted by molar-refractivity contribution is -0.173. The third kappa shape index (κ3) is 21.8. The maximum Gasteiger partial charge on any atom is 0.471 e. The van der Waals surface area contributed by atoms with Crippen molar-refractivity contribution in [2.45, 2.75) is 44.2 Å². The van der Waals surface area contributed by atoms with E-state index in [4.69, 9.17) is 28.5 Å². The Labute approximate surface area is 253 Å². The summed E-state index contributed by atoms with van der Waals surface area (Å²) in [6, 6.07) is 1.85. The summed E-state index contributed by atoms with van der Waals surface area (Å²) in [5, 5.41) is 13.6. The number of alkyl halides is 9. The molecule has 0 aliphatic heterocycles. The molecule has 3 amide bonds. The molecule has 0 rings (SSSR count). The van der Waals surface area contributed by atoms with Crippen LogP contribution >= 0.6 is 9.03 Å². The van der Waals surface area contributed by atoms with Gasteiger partial charge in [-0.25, -0.2) is 0 Å². The number of nitrogens with zero attached hydrogens (tertiary/aromatic N) is 1. The summed E-state index contributed by atoms with van der Waals surface area (Å²) in [5.74, 6) is -6.41. The summed E-state index contributed by atoms with van der Waals surface area (Å²) < 4.78 is 138. The Hall–Kier alpha value is -2.50. The summed E-state index contributed by atoms with van der Waals surface area (Å²) in [6.45, 7) is -2.49. The molecule has 0 aromatic heterocycles. The minimum Gasteiger partial charge on any atom is -0.381 e. The summed E-state index contributed by atoms with van der Waals surface area (Å²) >= 11 is 0. The normalized spacial score (nSPS) is 12.7. The lowest BCUT2D eigenvalue weighted by Crippen LogP contribution is -2.42. The molecule has 1 atom stereocenters. The SMILES string of the molecule is N#CCCOPOCC(COCCCNC(=O)C(F)(F)F)(COCCCNC(=O)C(F)(F)F)COCCCNC(=O)C(F)(F)F. The van der Waals surface area contributed by atoms with Gasteiger partial charge in [0, 0.05) is 39.5 Å². The third-order valence-electron chi connectivity index (χ3n) is 5.06. The molecule has 0 aromatic carbocycles. The molecule has 1 unspecified atom stereocenters. The molecule has 22 heteroatoms. The van der Waals surface area contributed by atoms with E-state index in [1.54, 1.807) is 16.0 Å².